The molecule has 2 saturated carbocycles. The Kier molecular flexibility index (Phi) is 4.82. The molecular weight excluding hydrogens is 388 g/mol. The van der Waals surface area contributed by atoms with Gasteiger partial charge in [0.05, 0.1) is 11.3 Å². The van der Waals surface area contributed by atoms with Crippen molar-refractivity contribution in [3.05, 3.63) is 76.9 Å². The fraction of sp³-hybridized carbons (Fsp3) is 0.500. The Morgan fingerprint density at radius 3 is 2.22 bits per heavy atom. The molecule has 2 heteroatoms. The van der Waals surface area contributed by atoms with Crippen LogP contribution >= 0.6 is 0 Å². The van der Waals surface area contributed by atoms with E-state index in [-0.39, 0.29) is 5.41 Å². The number of hydrogen-bond donors (Lipinski definition) is 0. The van der Waals surface area contributed by atoms with Crippen LogP contribution in [-0.4, -0.2) is 4.57 Å². The van der Waals surface area contributed by atoms with E-state index < -0.39 is 0 Å². The molecule has 0 bridgehead atoms. The number of aromatic nitrogens is 2. The Labute approximate surface area is 193 Å². The average molecular weight is 426 g/mol. The second-order valence-electron chi connectivity index (χ2n) is 10.8. The van der Waals surface area contributed by atoms with Crippen molar-refractivity contribution >= 4 is 0 Å². The van der Waals surface area contributed by atoms with Crippen LogP contribution < -0.4 is 4.57 Å². The van der Waals surface area contributed by atoms with Crippen molar-refractivity contribution < 1.29 is 4.57 Å². The molecule has 0 N–H and O–H groups in total. The van der Waals surface area contributed by atoms with E-state index in [0.29, 0.717) is 5.92 Å². The summed E-state index contributed by atoms with van der Waals surface area (Å²) in [5, 5.41) is 0. The normalized spacial score (nSPS) is 23.5. The maximum atomic E-state index is 2.74. The summed E-state index contributed by atoms with van der Waals surface area (Å²) in [4.78, 5) is 0. The summed E-state index contributed by atoms with van der Waals surface area (Å²) in [7, 11) is 0. The van der Waals surface area contributed by atoms with Crippen LogP contribution in [0.1, 0.15) is 99.0 Å². The number of aryl methyl sites for hydroxylation is 1. The summed E-state index contributed by atoms with van der Waals surface area (Å²) in [5.74, 6) is 2.91. The standard InChI is InChI=1S/C30H37N2/c1-21-13-7-11-19-26(21)31-22(2)28-30(3,24-16-5-4-6-17-24)25-18-10-12-20-27(25)32(28)29(31)23-14-8-9-15-23/h7,10-13,18-20,23-24H,4-6,8-9,14-17H2,1-3H3/q+1. The first-order chi connectivity index (χ1) is 15.6. The average Bonchev–Trinajstić information content (AvgIpc) is 3.52. The monoisotopic (exact) mass is 425 g/mol. The zero-order valence-corrected chi connectivity index (χ0v) is 20.0. The van der Waals surface area contributed by atoms with Gasteiger partial charge in [0.15, 0.2) is 5.69 Å². The second-order valence-corrected chi connectivity index (χ2v) is 10.8. The van der Waals surface area contributed by atoms with E-state index >= 15 is 0 Å². The summed E-state index contributed by atoms with van der Waals surface area (Å²) < 4.78 is 5.40. The Hall–Kier alpha value is -2.35. The molecule has 0 radical (unpaired) electrons. The van der Waals surface area contributed by atoms with E-state index in [4.69, 9.17) is 0 Å². The fourth-order valence-electron chi connectivity index (χ4n) is 7.50. The maximum Gasteiger partial charge on any atom is 0.270 e. The molecule has 3 aromatic rings. The lowest BCUT2D eigenvalue weighted by molar-refractivity contribution is -0.609. The van der Waals surface area contributed by atoms with E-state index in [1.54, 1.807) is 11.3 Å². The zero-order valence-electron chi connectivity index (χ0n) is 20.0. The molecule has 1 atom stereocenters. The fourth-order valence-corrected chi connectivity index (χ4v) is 7.50. The Morgan fingerprint density at radius 2 is 1.47 bits per heavy atom. The van der Waals surface area contributed by atoms with Crippen LogP contribution in [0.3, 0.4) is 0 Å². The summed E-state index contributed by atoms with van der Waals surface area (Å²) in [6, 6.07) is 18.4. The lowest BCUT2D eigenvalue weighted by Crippen LogP contribution is -2.41. The molecular formula is C30H37N2+. The van der Waals surface area contributed by atoms with E-state index in [2.05, 4.69) is 78.4 Å². The van der Waals surface area contributed by atoms with Crippen LogP contribution in [0.15, 0.2) is 48.5 Å². The lowest BCUT2D eigenvalue weighted by Gasteiger charge is -2.36. The van der Waals surface area contributed by atoms with Crippen molar-refractivity contribution in [1.82, 2.24) is 4.57 Å². The number of imidazole rings is 1. The van der Waals surface area contributed by atoms with Crippen LogP contribution in [0.2, 0.25) is 0 Å². The predicted octanol–water partition coefficient (Wildman–Crippen LogP) is 7.23. The summed E-state index contributed by atoms with van der Waals surface area (Å²) >= 11 is 0. The summed E-state index contributed by atoms with van der Waals surface area (Å²) in [6.45, 7) is 7.26. The lowest BCUT2D eigenvalue weighted by atomic mass is 9.65. The highest BCUT2D eigenvalue weighted by Gasteiger charge is 2.54. The van der Waals surface area contributed by atoms with E-state index in [1.807, 2.05) is 0 Å². The number of benzene rings is 2. The van der Waals surface area contributed by atoms with Crippen LogP contribution in [0.25, 0.3) is 11.4 Å². The highest BCUT2D eigenvalue weighted by molar-refractivity contribution is 5.54. The molecule has 1 aliphatic heterocycles. The third-order valence-corrected chi connectivity index (χ3v) is 9.05. The van der Waals surface area contributed by atoms with E-state index in [1.165, 1.54) is 86.2 Å². The first kappa shape index (κ1) is 20.3. The first-order valence-corrected chi connectivity index (χ1v) is 13.0. The number of para-hydroxylation sites is 2. The van der Waals surface area contributed by atoms with Crippen molar-refractivity contribution in [2.24, 2.45) is 5.92 Å². The molecule has 2 fully saturated rings. The van der Waals surface area contributed by atoms with Gasteiger partial charge in [-0.3, -0.25) is 0 Å². The van der Waals surface area contributed by atoms with Gasteiger partial charge in [0, 0.05) is 12.5 Å². The molecule has 3 aliphatic rings. The number of nitrogens with zero attached hydrogens (tertiary/aromatic N) is 2. The molecule has 166 valence electrons. The third-order valence-electron chi connectivity index (χ3n) is 9.05. The molecule has 2 nitrogen and oxygen atoms in total. The largest absolute Gasteiger partial charge is 0.270 e. The van der Waals surface area contributed by atoms with Gasteiger partial charge >= 0.3 is 0 Å². The van der Waals surface area contributed by atoms with Crippen LogP contribution in [0.4, 0.5) is 0 Å². The highest BCUT2D eigenvalue weighted by Crippen LogP contribution is 2.52. The summed E-state index contributed by atoms with van der Waals surface area (Å²) in [6.07, 6.45) is 12.3. The van der Waals surface area contributed by atoms with Crippen LogP contribution in [-0.2, 0) is 5.41 Å². The molecule has 0 amide bonds. The van der Waals surface area contributed by atoms with E-state index in [9.17, 15) is 0 Å². The zero-order chi connectivity index (χ0) is 21.9. The SMILES string of the molecule is Cc1ccccc1-n1c(C)c2[n+](c1C1CCCC1)-c1ccccc1C2(C)C1CCCCC1. The van der Waals surface area contributed by atoms with Gasteiger partial charge in [0.25, 0.3) is 5.82 Å². The molecule has 1 unspecified atom stereocenters. The van der Waals surface area contributed by atoms with Gasteiger partial charge < -0.3 is 0 Å². The Morgan fingerprint density at radius 1 is 0.812 bits per heavy atom. The van der Waals surface area contributed by atoms with Crippen molar-refractivity contribution in [2.45, 2.75) is 89.9 Å². The van der Waals surface area contributed by atoms with Crippen molar-refractivity contribution in [3.63, 3.8) is 0 Å². The minimum Gasteiger partial charge on any atom is -0.196 e. The second kappa shape index (κ2) is 7.61. The molecule has 0 spiro atoms. The quantitative estimate of drug-likeness (QED) is 0.391. The van der Waals surface area contributed by atoms with E-state index in [0.717, 1.165) is 5.92 Å². The topological polar surface area (TPSA) is 8.81 Å². The maximum absolute atomic E-state index is 2.74. The first-order valence-electron chi connectivity index (χ1n) is 13.0. The smallest absolute Gasteiger partial charge is 0.196 e. The minimum absolute atomic E-state index is 0.0996. The van der Waals surface area contributed by atoms with Crippen molar-refractivity contribution in [2.75, 3.05) is 0 Å². The number of rotatable bonds is 3. The predicted molar refractivity (Wildman–Crippen MR) is 131 cm³/mol. The van der Waals surface area contributed by atoms with Gasteiger partial charge in [0.1, 0.15) is 17.1 Å². The van der Waals surface area contributed by atoms with Crippen LogP contribution in [0.5, 0.6) is 0 Å². The number of fused-ring (bicyclic) bond motifs is 3. The molecule has 2 heterocycles. The Balaban J connectivity index is 1.69. The van der Waals surface area contributed by atoms with Gasteiger partial charge in [-0.2, -0.15) is 9.13 Å². The highest BCUT2D eigenvalue weighted by atomic mass is 15.2. The molecule has 2 aromatic carbocycles. The van der Waals surface area contributed by atoms with Gasteiger partial charge in [-0.25, -0.2) is 0 Å². The number of hydrogen-bond acceptors (Lipinski definition) is 0. The molecule has 6 rings (SSSR count). The third kappa shape index (κ3) is 2.74. The minimum atomic E-state index is 0.0996. The van der Waals surface area contributed by atoms with Gasteiger partial charge in [-0.05, 0) is 63.1 Å². The molecule has 2 aliphatic carbocycles. The van der Waals surface area contributed by atoms with Crippen LogP contribution in [0, 0.1) is 19.8 Å². The Bertz CT molecular complexity index is 1160. The molecule has 1 aromatic heterocycles. The van der Waals surface area contributed by atoms with Gasteiger partial charge in [0.2, 0.25) is 0 Å². The molecule has 32 heavy (non-hydrogen) atoms. The molecule has 0 saturated heterocycles. The van der Waals surface area contributed by atoms with Gasteiger partial charge in [-0.1, -0.05) is 68.5 Å². The van der Waals surface area contributed by atoms with Gasteiger partial charge in [-0.15, -0.1) is 0 Å². The van der Waals surface area contributed by atoms with Crippen molar-refractivity contribution in [1.29, 1.82) is 0 Å². The summed E-state index contributed by atoms with van der Waals surface area (Å²) in [5.41, 5.74) is 8.91. The van der Waals surface area contributed by atoms with Crippen molar-refractivity contribution in [3.8, 4) is 11.4 Å².